The van der Waals surface area contributed by atoms with Crippen LogP contribution in [0, 0.1) is 0 Å². The van der Waals surface area contributed by atoms with Gasteiger partial charge in [0, 0.05) is 0 Å². The van der Waals surface area contributed by atoms with Gasteiger partial charge in [-0.15, -0.1) is 0 Å². The molecular weight excluding hydrogens is 342 g/mol. The van der Waals surface area contributed by atoms with E-state index in [2.05, 4.69) is 21.2 Å². The molecule has 0 aromatic heterocycles. The highest BCUT2D eigenvalue weighted by molar-refractivity contribution is 9.10. The van der Waals surface area contributed by atoms with Crippen molar-refractivity contribution in [3.8, 4) is 5.75 Å². The van der Waals surface area contributed by atoms with E-state index >= 15 is 0 Å². The molecule has 1 N–H and O–H groups in total. The van der Waals surface area contributed by atoms with Crippen LogP contribution >= 0.6 is 27.5 Å². The van der Waals surface area contributed by atoms with Crippen molar-refractivity contribution in [2.24, 2.45) is 0 Å². The van der Waals surface area contributed by atoms with Crippen LogP contribution in [0.3, 0.4) is 0 Å². The van der Waals surface area contributed by atoms with E-state index in [1.165, 1.54) is 0 Å². The van der Waals surface area contributed by atoms with Crippen LogP contribution in [0.2, 0.25) is 5.02 Å². The molecule has 0 aliphatic heterocycles. The molecular formula is C15H13BrClNO2. The fourth-order valence-corrected chi connectivity index (χ4v) is 2.13. The summed E-state index contributed by atoms with van der Waals surface area (Å²) in [4.78, 5) is 11.8. The Labute approximate surface area is 131 Å². The SMILES string of the molecule is O=C(CCOc1ccccc1)Nc1cccc(Cl)c1Br. The predicted molar refractivity (Wildman–Crippen MR) is 84.3 cm³/mol. The number of para-hydroxylation sites is 1. The molecule has 0 spiro atoms. The van der Waals surface area contributed by atoms with E-state index < -0.39 is 0 Å². The first-order chi connectivity index (χ1) is 9.66. The number of rotatable bonds is 5. The highest BCUT2D eigenvalue weighted by atomic mass is 79.9. The first-order valence-electron chi connectivity index (χ1n) is 6.08. The molecule has 2 aromatic carbocycles. The Kier molecular flexibility index (Phi) is 5.44. The molecule has 0 unspecified atom stereocenters. The van der Waals surface area contributed by atoms with Crippen LogP contribution < -0.4 is 10.1 Å². The minimum Gasteiger partial charge on any atom is -0.493 e. The lowest BCUT2D eigenvalue weighted by molar-refractivity contribution is -0.116. The first-order valence-corrected chi connectivity index (χ1v) is 7.25. The van der Waals surface area contributed by atoms with E-state index in [9.17, 15) is 4.79 Å². The van der Waals surface area contributed by atoms with E-state index in [4.69, 9.17) is 16.3 Å². The molecule has 0 saturated carbocycles. The van der Waals surface area contributed by atoms with Crippen molar-refractivity contribution >= 4 is 39.1 Å². The lowest BCUT2D eigenvalue weighted by Crippen LogP contribution is -2.15. The van der Waals surface area contributed by atoms with Crippen LogP contribution in [0.5, 0.6) is 5.75 Å². The van der Waals surface area contributed by atoms with Gasteiger partial charge in [-0.1, -0.05) is 35.9 Å². The van der Waals surface area contributed by atoms with Gasteiger partial charge in [-0.3, -0.25) is 4.79 Å². The van der Waals surface area contributed by atoms with Crippen LogP contribution in [0.4, 0.5) is 5.69 Å². The Balaban J connectivity index is 1.82. The zero-order valence-electron chi connectivity index (χ0n) is 10.6. The number of anilines is 1. The van der Waals surface area contributed by atoms with Gasteiger partial charge in [0.2, 0.25) is 5.91 Å². The van der Waals surface area contributed by atoms with Gasteiger partial charge in [-0.25, -0.2) is 0 Å². The fourth-order valence-electron chi connectivity index (χ4n) is 1.59. The average molecular weight is 355 g/mol. The number of benzene rings is 2. The van der Waals surface area contributed by atoms with E-state index in [0.29, 0.717) is 21.8 Å². The summed E-state index contributed by atoms with van der Waals surface area (Å²) >= 11 is 9.29. The second kappa shape index (κ2) is 7.31. The summed E-state index contributed by atoms with van der Waals surface area (Å²) in [5.41, 5.74) is 0.655. The Morgan fingerprint density at radius 2 is 1.90 bits per heavy atom. The van der Waals surface area contributed by atoms with E-state index in [0.717, 1.165) is 5.75 Å². The Hall–Kier alpha value is -1.52. The van der Waals surface area contributed by atoms with Gasteiger partial charge in [0.15, 0.2) is 0 Å². The number of ether oxygens (including phenoxy) is 1. The molecule has 0 aliphatic rings. The normalized spacial score (nSPS) is 10.1. The predicted octanol–water partition coefficient (Wildman–Crippen LogP) is 4.51. The number of carbonyl (C=O) groups is 1. The topological polar surface area (TPSA) is 38.3 Å². The molecule has 0 saturated heterocycles. The number of halogens is 2. The molecule has 3 nitrogen and oxygen atoms in total. The Morgan fingerprint density at radius 3 is 2.65 bits per heavy atom. The molecule has 0 fully saturated rings. The number of hydrogen-bond acceptors (Lipinski definition) is 2. The summed E-state index contributed by atoms with van der Waals surface area (Å²) in [5, 5.41) is 3.35. The third kappa shape index (κ3) is 4.25. The number of nitrogens with one attached hydrogen (secondary N) is 1. The monoisotopic (exact) mass is 353 g/mol. The van der Waals surface area contributed by atoms with Crippen LogP contribution in [0.25, 0.3) is 0 Å². The van der Waals surface area contributed by atoms with Gasteiger partial charge >= 0.3 is 0 Å². The first kappa shape index (κ1) is 14.9. The van der Waals surface area contributed by atoms with Gasteiger partial charge in [-0.2, -0.15) is 0 Å². The van der Waals surface area contributed by atoms with Crippen LogP contribution in [0.15, 0.2) is 53.0 Å². The molecule has 5 heteroatoms. The van der Waals surface area contributed by atoms with Crippen molar-refractivity contribution < 1.29 is 9.53 Å². The molecule has 20 heavy (non-hydrogen) atoms. The maximum atomic E-state index is 11.8. The van der Waals surface area contributed by atoms with Gasteiger partial charge in [0.25, 0.3) is 0 Å². The van der Waals surface area contributed by atoms with Gasteiger partial charge in [0.1, 0.15) is 5.75 Å². The third-order valence-corrected chi connectivity index (χ3v) is 3.96. The summed E-state index contributed by atoms with van der Waals surface area (Å²) in [6.07, 6.45) is 0.272. The maximum Gasteiger partial charge on any atom is 0.227 e. The Morgan fingerprint density at radius 1 is 1.15 bits per heavy atom. The molecule has 104 valence electrons. The van der Waals surface area contributed by atoms with E-state index in [1.807, 2.05) is 30.3 Å². The van der Waals surface area contributed by atoms with Crippen molar-refractivity contribution in [3.63, 3.8) is 0 Å². The summed E-state index contributed by atoms with van der Waals surface area (Å²) < 4.78 is 6.15. The summed E-state index contributed by atoms with van der Waals surface area (Å²) in [6, 6.07) is 14.7. The van der Waals surface area contributed by atoms with E-state index in [1.54, 1.807) is 18.2 Å². The van der Waals surface area contributed by atoms with Gasteiger partial charge < -0.3 is 10.1 Å². The summed E-state index contributed by atoms with van der Waals surface area (Å²) in [6.45, 7) is 0.327. The summed E-state index contributed by atoms with van der Waals surface area (Å²) in [5.74, 6) is 0.633. The van der Waals surface area contributed by atoms with Crippen LogP contribution in [-0.2, 0) is 4.79 Å². The third-order valence-electron chi connectivity index (χ3n) is 2.57. The smallest absolute Gasteiger partial charge is 0.227 e. The van der Waals surface area contributed by atoms with Crippen molar-refractivity contribution in [1.29, 1.82) is 0 Å². The molecule has 0 heterocycles. The Bertz CT molecular complexity index is 590. The second-order valence-electron chi connectivity index (χ2n) is 4.06. The lowest BCUT2D eigenvalue weighted by Gasteiger charge is -2.09. The standard InChI is InChI=1S/C15H13BrClNO2/c16-15-12(17)7-4-8-13(15)18-14(19)9-10-20-11-5-2-1-3-6-11/h1-8H,9-10H2,(H,18,19). The number of amides is 1. The number of hydrogen-bond donors (Lipinski definition) is 1. The zero-order valence-corrected chi connectivity index (χ0v) is 12.9. The minimum absolute atomic E-state index is 0.121. The van der Waals surface area contributed by atoms with Gasteiger partial charge in [0.05, 0.1) is 28.2 Å². The quantitative estimate of drug-likeness (QED) is 0.858. The lowest BCUT2D eigenvalue weighted by atomic mass is 10.3. The maximum absolute atomic E-state index is 11.8. The van der Waals surface area contributed by atoms with Crippen LogP contribution in [-0.4, -0.2) is 12.5 Å². The number of carbonyl (C=O) groups excluding carboxylic acids is 1. The van der Waals surface area contributed by atoms with Crippen molar-refractivity contribution in [2.75, 3.05) is 11.9 Å². The molecule has 0 atom stereocenters. The van der Waals surface area contributed by atoms with Crippen LogP contribution in [0.1, 0.15) is 6.42 Å². The molecule has 1 amide bonds. The zero-order chi connectivity index (χ0) is 14.4. The molecule has 0 aliphatic carbocycles. The summed E-state index contributed by atoms with van der Waals surface area (Å²) in [7, 11) is 0. The molecule has 2 aromatic rings. The second-order valence-corrected chi connectivity index (χ2v) is 5.26. The highest BCUT2D eigenvalue weighted by Gasteiger charge is 2.08. The largest absolute Gasteiger partial charge is 0.493 e. The van der Waals surface area contributed by atoms with Crippen molar-refractivity contribution in [1.82, 2.24) is 0 Å². The molecule has 0 radical (unpaired) electrons. The van der Waals surface area contributed by atoms with Crippen molar-refractivity contribution in [2.45, 2.75) is 6.42 Å². The highest BCUT2D eigenvalue weighted by Crippen LogP contribution is 2.30. The fraction of sp³-hybridized carbons (Fsp3) is 0.133. The molecule has 0 bridgehead atoms. The molecule has 2 rings (SSSR count). The minimum atomic E-state index is -0.121. The van der Waals surface area contributed by atoms with E-state index in [-0.39, 0.29) is 12.3 Å². The van der Waals surface area contributed by atoms with Gasteiger partial charge in [-0.05, 0) is 40.2 Å². The van der Waals surface area contributed by atoms with Crippen molar-refractivity contribution in [3.05, 3.63) is 58.0 Å². The average Bonchev–Trinajstić information content (AvgIpc) is 2.45.